The van der Waals surface area contributed by atoms with Crippen LogP contribution in [-0.2, 0) is 4.79 Å². The largest absolute Gasteiger partial charge is 0.412 e. The highest BCUT2D eigenvalue weighted by Gasteiger charge is 2.32. The van der Waals surface area contributed by atoms with Gasteiger partial charge in [-0.15, -0.1) is 6.58 Å². The van der Waals surface area contributed by atoms with Gasteiger partial charge in [0.2, 0.25) is 0 Å². The van der Waals surface area contributed by atoms with Gasteiger partial charge in [0.25, 0.3) is 0 Å². The van der Waals surface area contributed by atoms with Crippen LogP contribution in [0.1, 0.15) is 47.0 Å². The molecule has 4 heteroatoms. The van der Waals surface area contributed by atoms with Gasteiger partial charge in [-0.1, -0.05) is 31.6 Å². The average molecular weight is 288 g/mol. The van der Waals surface area contributed by atoms with E-state index in [4.69, 9.17) is 0 Å². The summed E-state index contributed by atoms with van der Waals surface area (Å²) in [5.41, 5.74) is 0.518. The van der Waals surface area contributed by atoms with Crippen molar-refractivity contribution in [2.24, 2.45) is 5.92 Å². The molecule has 0 aromatic rings. The second-order valence-corrected chi connectivity index (χ2v) is 5.13. The molecule has 0 saturated carbocycles. The van der Waals surface area contributed by atoms with Gasteiger partial charge >= 0.3 is 6.18 Å². The number of allylic oxidation sites excluding steroid dienone is 5. The molecule has 1 atom stereocenters. The third-order valence-electron chi connectivity index (χ3n) is 3.20. The molecule has 0 aromatic carbocycles. The number of hydrogen-bond acceptors (Lipinski definition) is 1. The monoisotopic (exact) mass is 288 g/mol. The Kier molecular flexibility index (Phi) is 7.54. The molecule has 0 aromatic heterocycles. The summed E-state index contributed by atoms with van der Waals surface area (Å²) in [7, 11) is 0. The lowest BCUT2D eigenvalue weighted by Gasteiger charge is -2.13. The van der Waals surface area contributed by atoms with E-state index in [1.54, 1.807) is 6.92 Å². The van der Waals surface area contributed by atoms with Gasteiger partial charge in [0.05, 0.1) is 0 Å². The van der Waals surface area contributed by atoms with Gasteiger partial charge in [-0.05, 0) is 44.6 Å². The summed E-state index contributed by atoms with van der Waals surface area (Å²) in [6, 6.07) is 0. The topological polar surface area (TPSA) is 17.1 Å². The number of Topliss-reactive ketones (excluding diaryl/α,β-unsaturated/α-hetero) is 1. The molecule has 0 radical (unpaired) electrons. The zero-order valence-corrected chi connectivity index (χ0v) is 12.6. The maximum Gasteiger partial charge on any atom is 0.412 e. The van der Waals surface area contributed by atoms with Crippen molar-refractivity contribution in [3.63, 3.8) is 0 Å². The molecule has 0 amide bonds. The van der Waals surface area contributed by atoms with Crippen LogP contribution >= 0.6 is 0 Å². The van der Waals surface area contributed by atoms with E-state index >= 15 is 0 Å². The minimum atomic E-state index is -4.37. The summed E-state index contributed by atoms with van der Waals surface area (Å²) in [6.07, 6.45) is -1.13. The number of carbonyl (C=O) groups is 1. The molecule has 0 aliphatic rings. The lowest BCUT2D eigenvalue weighted by molar-refractivity contribution is -0.114. The van der Waals surface area contributed by atoms with E-state index in [0.717, 1.165) is 6.08 Å². The number of alkyl halides is 3. The molecule has 0 bridgehead atoms. The lowest BCUT2D eigenvalue weighted by atomic mass is 9.94. The summed E-state index contributed by atoms with van der Waals surface area (Å²) in [6.45, 7) is 10.4. The Morgan fingerprint density at radius 1 is 1.20 bits per heavy atom. The van der Waals surface area contributed by atoms with Crippen LogP contribution in [-0.4, -0.2) is 12.0 Å². The zero-order valence-electron chi connectivity index (χ0n) is 12.6. The minimum absolute atomic E-state index is 0.0422. The van der Waals surface area contributed by atoms with Gasteiger partial charge in [0, 0.05) is 5.57 Å². The van der Waals surface area contributed by atoms with E-state index in [9.17, 15) is 18.0 Å². The normalized spacial score (nSPS) is 15.2. The van der Waals surface area contributed by atoms with Crippen molar-refractivity contribution in [3.05, 3.63) is 35.5 Å². The average Bonchev–Trinajstić information content (AvgIpc) is 2.30. The van der Waals surface area contributed by atoms with Crippen molar-refractivity contribution in [2.75, 3.05) is 0 Å². The fraction of sp³-hybridized carbons (Fsp3) is 0.562. The van der Waals surface area contributed by atoms with Crippen molar-refractivity contribution < 1.29 is 18.0 Å². The minimum Gasteiger partial charge on any atom is -0.295 e. The van der Waals surface area contributed by atoms with E-state index in [1.807, 2.05) is 13.8 Å². The van der Waals surface area contributed by atoms with Gasteiger partial charge < -0.3 is 0 Å². The smallest absolute Gasteiger partial charge is 0.295 e. The Bertz CT molecular complexity index is 414. The molecule has 0 heterocycles. The number of rotatable bonds is 7. The van der Waals surface area contributed by atoms with E-state index in [1.165, 1.54) is 13.0 Å². The predicted octanol–water partition coefficient (Wildman–Crippen LogP) is 5.39. The Hall–Kier alpha value is -1.32. The molecular weight excluding hydrogens is 265 g/mol. The maximum absolute atomic E-state index is 12.9. The van der Waals surface area contributed by atoms with Crippen molar-refractivity contribution in [1.82, 2.24) is 0 Å². The molecule has 0 rings (SSSR count). The molecule has 1 nitrogen and oxygen atoms in total. The molecular formula is C16H23F3O. The molecule has 0 N–H and O–H groups in total. The summed E-state index contributed by atoms with van der Waals surface area (Å²) in [5, 5.41) is 0. The SMILES string of the molecule is C=C(C)CC/C(=C\C=C(\C(C)=O)C(C)CC)C(F)(F)F. The fourth-order valence-corrected chi connectivity index (χ4v) is 1.71. The quantitative estimate of drug-likeness (QED) is 0.348. The Balaban J connectivity index is 5.33. The molecule has 0 spiro atoms. The Labute approximate surface area is 119 Å². The van der Waals surface area contributed by atoms with Crippen LogP contribution in [0.15, 0.2) is 35.5 Å². The molecule has 0 aliphatic heterocycles. The number of hydrogen-bond donors (Lipinski definition) is 0. The molecule has 20 heavy (non-hydrogen) atoms. The first-order chi connectivity index (χ1) is 9.09. The summed E-state index contributed by atoms with van der Waals surface area (Å²) < 4.78 is 38.7. The first-order valence-electron chi connectivity index (χ1n) is 6.72. The highest BCUT2D eigenvalue weighted by atomic mass is 19.4. The van der Waals surface area contributed by atoms with Gasteiger partial charge in [-0.25, -0.2) is 0 Å². The Morgan fingerprint density at radius 3 is 2.10 bits per heavy atom. The highest BCUT2D eigenvalue weighted by Crippen LogP contribution is 2.30. The summed E-state index contributed by atoms with van der Waals surface area (Å²) >= 11 is 0. The van der Waals surface area contributed by atoms with Gasteiger partial charge in [-0.2, -0.15) is 13.2 Å². The Morgan fingerprint density at radius 2 is 1.75 bits per heavy atom. The molecule has 114 valence electrons. The first-order valence-corrected chi connectivity index (χ1v) is 6.72. The van der Waals surface area contributed by atoms with Crippen molar-refractivity contribution in [2.45, 2.75) is 53.1 Å². The zero-order chi connectivity index (χ0) is 15.9. The van der Waals surface area contributed by atoms with Crippen molar-refractivity contribution >= 4 is 5.78 Å². The van der Waals surface area contributed by atoms with Crippen LogP contribution in [0.25, 0.3) is 0 Å². The van der Waals surface area contributed by atoms with Gasteiger partial charge in [0.1, 0.15) is 0 Å². The maximum atomic E-state index is 12.9. The van der Waals surface area contributed by atoms with Crippen LogP contribution in [0.2, 0.25) is 0 Å². The van der Waals surface area contributed by atoms with Gasteiger partial charge in [-0.3, -0.25) is 4.79 Å². The molecule has 0 saturated heterocycles. The van der Waals surface area contributed by atoms with Crippen molar-refractivity contribution in [1.29, 1.82) is 0 Å². The number of carbonyl (C=O) groups excluding carboxylic acids is 1. The summed E-state index contributed by atoms with van der Waals surface area (Å²) in [5.74, 6) is -0.226. The second-order valence-electron chi connectivity index (χ2n) is 5.13. The van der Waals surface area contributed by atoms with Crippen molar-refractivity contribution in [3.8, 4) is 0 Å². The molecule has 0 aliphatic carbocycles. The molecule has 0 fully saturated rings. The second kappa shape index (κ2) is 8.08. The first kappa shape index (κ1) is 18.7. The van der Waals surface area contributed by atoms with Crippen LogP contribution < -0.4 is 0 Å². The van der Waals surface area contributed by atoms with E-state index in [2.05, 4.69) is 6.58 Å². The van der Waals surface area contributed by atoms with Crippen LogP contribution in [0.4, 0.5) is 13.2 Å². The highest BCUT2D eigenvalue weighted by molar-refractivity contribution is 5.94. The van der Waals surface area contributed by atoms with Crippen LogP contribution in [0, 0.1) is 5.92 Å². The third-order valence-corrected chi connectivity index (χ3v) is 3.20. The fourth-order valence-electron chi connectivity index (χ4n) is 1.71. The van der Waals surface area contributed by atoms with Crippen LogP contribution in [0.5, 0.6) is 0 Å². The predicted molar refractivity (Wildman–Crippen MR) is 76.4 cm³/mol. The number of halogens is 3. The van der Waals surface area contributed by atoms with E-state index < -0.39 is 11.7 Å². The summed E-state index contributed by atoms with van der Waals surface area (Å²) in [4.78, 5) is 11.5. The van der Waals surface area contributed by atoms with E-state index in [-0.39, 0.29) is 24.5 Å². The molecule has 1 unspecified atom stereocenters. The van der Waals surface area contributed by atoms with Gasteiger partial charge in [0.15, 0.2) is 5.78 Å². The van der Waals surface area contributed by atoms with Crippen LogP contribution in [0.3, 0.4) is 0 Å². The third kappa shape index (κ3) is 6.73. The number of ketones is 1. The lowest BCUT2D eigenvalue weighted by Crippen LogP contribution is -2.12. The standard InChI is InChI=1S/C16H23F3O/c1-6-12(4)15(13(5)20)10-9-14(16(17,18)19)8-7-11(2)3/h9-10,12H,2,6-8H2,1,3-5H3/b14-9+,15-10+. The van der Waals surface area contributed by atoms with E-state index in [0.29, 0.717) is 17.6 Å².